The van der Waals surface area contributed by atoms with Crippen LogP contribution in [-0.4, -0.2) is 82.1 Å². The SMILES string of the molecule is COc1ccc(-n2nc(-c3ccnc([C@@H](C)N4C[C@@H](C)N(C)[C@@H](C)C4)c3)c3c2CCOCC3)cn1. The van der Waals surface area contributed by atoms with E-state index in [0.717, 1.165) is 48.6 Å². The molecule has 0 radical (unpaired) electrons. The van der Waals surface area contributed by atoms with Crippen LogP contribution in [0.25, 0.3) is 16.9 Å². The molecule has 5 heterocycles. The van der Waals surface area contributed by atoms with E-state index in [2.05, 4.69) is 54.7 Å². The maximum atomic E-state index is 5.82. The summed E-state index contributed by atoms with van der Waals surface area (Å²) in [6, 6.07) is 9.47. The minimum Gasteiger partial charge on any atom is -0.481 e. The predicted octanol–water partition coefficient (Wildman–Crippen LogP) is 3.54. The summed E-state index contributed by atoms with van der Waals surface area (Å²) in [7, 11) is 3.85. The van der Waals surface area contributed by atoms with Crippen molar-refractivity contribution in [2.75, 3.05) is 40.5 Å². The Kier molecular flexibility index (Phi) is 6.86. The van der Waals surface area contributed by atoms with Gasteiger partial charge in [-0.3, -0.25) is 14.8 Å². The van der Waals surface area contributed by atoms with Crippen molar-refractivity contribution in [3.05, 3.63) is 53.6 Å². The number of likely N-dealkylation sites (N-methyl/N-ethyl adjacent to an activating group) is 1. The maximum Gasteiger partial charge on any atom is 0.213 e. The Morgan fingerprint density at radius 1 is 1.06 bits per heavy atom. The molecule has 0 bridgehead atoms. The number of aromatic nitrogens is 4. The summed E-state index contributed by atoms with van der Waals surface area (Å²) in [4.78, 5) is 14.2. The van der Waals surface area contributed by atoms with Gasteiger partial charge in [-0.05, 0) is 52.4 Å². The summed E-state index contributed by atoms with van der Waals surface area (Å²) >= 11 is 0. The van der Waals surface area contributed by atoms with E-state index < -0.39 is 0 Å². The molecule has 1 saturated heterocycles. The van der Waals surface area contributed by atoms with Crippen LogP contribution in [0.5, 0.6) is 5.88 Å². The molecular weight excluding hydrogens is 440 g/mol. The van der Waals surface area contributed by atoms with E-state index in [1.807, 2.05) is 29.2 Å². The largest absolute Gasteiger partial charge is 0.481 e. The second-order valence-electron chi connectivity index (χ2n) is 9.82. The van der Waals surface area contributed by atoms with Crippen LogP contribution in [0, 0.1) is 0 Å². The highest BCUT2D eigenvalue weighted by Crippen LogP contribution is 2.32. The van der Waals surface area contributed by atoms with E-state index in [1.165, 1.54) is 11.3 Å². The number of nitrogens with zero attached hydrogens (tertiary/aromatic N) is 6. The molecule has 2 aliphatic rings. The zero-order valence-corrected chi connectivity index (χ0v) is 21.4. The lowest BCUT2D eigenvalue weighted by Crippen LogP contribution is -2.55. The van der Waals surface area contributed by atoms with Crippen LogP contribution in [0.2, 0.25) is 0 Å². The lowest BCUT2D eigenvalue weighted by Gasteiger charge is -2.44. The Morgan fingerprint density at radius 3 is 2.54 bits per heavy atom. The van der Waals surface area contributed by atoms with Gasteiger partial charge in [0.2, 0.25) is 5.88 Å². The van der Waals surface area contributed by atoms with Crippen molar-refractivity contribution in [1.82, 2.24) is 29.5 Å². The Bertz CT molecular complexity index is 1150. The van der Waals surface area contributed by atoms with Crippen molar-refractivity contribution >= 4 is 0 Å². The maximum absolute atomic E-state index is 5.82. The smallest absolute Gasteiger partial charge is 0.213 e. The van der Waals surface area contributed by atoms with Crippen LogP contribution >= 0.6 is 0 Å². The third-order valence-electron chi connectivity index (χ3n) is 7.66. The van der Waals surface area contributed by atoms with E-state index in [-0.39, 0.29) is 6.04 Å². The Labute approximate surface area is 207 Å². The number of ether oxygens (including phenoxy) is 2. The van der Waals surface area contributed by atoms with Crippen LogP contribution in [0.3, 0.4) is 0 Å². The first-order valence-electron chi connectivity index (χ1n) is 12.6. The number of pyridine rings is 2. The minimum atomic E-state index is 0.239. The molecule has 35 heavy (non-hydrogen) atoms. The number of hydrogen-bond donors (Lipinski definition) is 0. The number of hydrogen-bond acceptors (Lipinski definition) is 7. The van der Waals surface area contributed by atoms with Gasteiger partial charge in [-0.1, -0.05) is 0 Å². The molecule has 3 aromatic rings. The van der Waals surface area contributed by atoms with E-state index in [4.69, 9.17) is 19.6 Å². The van der Waals surface area contributed by atoms with Crippen molar-refractivity contribution in [3.63, 3.8) is 0 Å². The van der Waals surface area contributed by atoms with Crippen molar-refractivity contribution in [1.29, 1.82) is 0 Å². The molecule has 186 valence electrons. The molecular formula is C27H36N6O2. The number of rotatable bonds is 5. The summed E-state index contributed by atoms with van der Waals surface area (Å²) < 4.78 is 13.1. The second kappa shape index (κ2) is 10.0. The molecule has 1 fully saturated rings. The molecule has 3 aromatic heterocycles. The van der Waals surface area contributed by atoms with Gasteiger partial charge in [-0.15, -0.1) is 0 Å². The van der Waals surface area contributed by atoms with Gasteiger partial charge in [0.15, 0.2) is 0 Å². The van der Waals surface area contributed by atoms with Gasteiger partial charge >= 0.3 is 0 Å². The average molecular weight is 477 g/mol. The van der Waals surface area contributed by atoms with Crippen molar-refractivity contribution in [3.8, 4) is 22.8 Å². The molecule has 5 rings (SSSR count). The predicted molar refractivity (Wildman–Crippen MR) is 136 cm³/mol. The number of methoxy groups -OCH3 is 1. The summed E-state index contributed by atoms with van der Waals surface area (Å²) in [6.07, 6.45) is 5.41. The zero-order valence-electron chi connectivity index (χ0n) is 21.4. The zero-order chi connectivity index (χ0) is 24.5. The molecule has 0 saturated carbocycles. The fourth-order valence-corrected chi connectivity index (χ4v) is 5.29. The van der Waals surface area contributed by atoms with Gasteiger partial charge < -0.3 is 9.47 Å². The molecule has 0 aliphatic carbocycles. The molecule has 0 unspecified atom stereocenters. The summed E-state index contributed by atoms with van der Waals surface area (Å²) in [5, 5.41) is 5.11. The summed E-state index contributed by atoms with van der Waals surface area (Å²) in [5.74, 6) is 0.593. The summed E-state index contributed by atoms with van der Waals surface area (Å²) in [5.41, 5.74) is 6.58. The Morgan fingerprint density at radius 2 is 1.83 bits per heavy atom. The van der Waals surface area contributed by atoms with Crippen LogP contribution in [0.4, 0.5) is 0 Å². The highest BCUT2D eigenvalue weighted by molar-refractivity contribution is 5.65. The normalized spacial score (nSPS) is 22.4. The van der Waals surface area contributed by atoms with Crippen LogP contribution in [0.1, 0.15) is 43.8 Å². The quantitative estimate of drug-likeness (QED) is 0.558. The first-order chi connectivity index (χ1) is 17.0. The lowest BCUT2D eigenvalue weighted by molar-refractivity contribution is 0.0367. The molecule has 8 heteroatoms. The Balaban J connectivity index is 1.50. The van der Waals surface area contributed by atoms with Crippen molar-refractivity contribution in [2.45, 2.75) is 51.7 Å². The fourth-order valence-electron chi connectivity index (χ4n) is 5.29. The van der Waals surface area contributed by atoms with Gasteiger partial charge in [-0.2, -0.15) is 5.10 Å². The van der Waals surface area contributed by atoms with Crippen LogP contribution in [-0.2, 0) is 17.6 Å². The second-order valence-corrected chi connectivity index (χ2v) is 9.82. The third kappa shape index (κ3) is 4.70. The minimum absolute atomic E-state index is 0.239. The van der Waals surface area contributed by atoms with Gasteiger partial charge in [0.1, 0.15) is 0 Å². The number of piperazine rings is 1. The molecule has 0 amide bonds. The first-order valence-corrected chi connectivity index (χ1v) is 12.6. The lowest BCUT2D eigenvalue weighted by atomic mass is 10.0. The topological polar surface area (TPSA) is 68.5 Å². The van der Waals surface area contributed by atoms with E-state index in [1.54, 1.807) is 7.11 Å². The molecule has 8 nitrogen and oxygen atoms in total. The third-order valence-corrected chi connectivity index (χ3v) is 7.66. The van der Waals surface area contributed by atoms with Crippen molar-refractivity contribution in [2.24, 2.45) is 0 Å². The molecule has 0 spiro atoms. The van der Waals surface area contributed by atoms with Gasteiger partial charge in [-0.25, -0.2) is 9.67 Å². The van der Waals surface area contributed by atoms with Crippen LogP contribution < -0.4 is 4.74 Å². The highest BCUT2D eigenvalue weighted by atomic mass is 16.5. The van der Waals surface area contributed by atoms with Crippen molar-refractivity contribution < 1.29 is 9.47 Å². The highest BCUT2D eigenvalue weighted by Gasteiger charge is 2.30. The Hall–Kier alpha value is -2.81. The van der Waals surface area contributed by atoms with Gasteiger partial charge in [0.25, 0.3) is 0 Å². The molecule has 0 aromatic carbocycles. The van der Waals surface area contributed by atoms with E-state index in [0.29, 0.717) is 31.2 Å². The van der Waals surface area contributed by atoms with Crippen LogP contribution in [0.15, 0.2) is 36.7 Å². The average Bonchev–Trinajstić information content (AvgIpc) is 3.07. The summed E-state index contributed by atoms with van der Waals surface area (Å²) in [6.45, 7) is 10.4. The molecule has 2 aliphatic heterocycles. The van der Waals surface area contributed by atoms with E-state index in [9.17, 15) is 0 Å². The standard InChI is InChI=1S/C27H36N6O2/c1-18-16-32(17-19(2)31(18)4)20(3)24-14-21(8-11-28-24)27-23-9-12-35-13-10-25(23)33(30-27)22-6-7-26(34-5)29-15-22/h6-8,11,14-15,18-20H,9-10,12-13,16-17H2,1-5H3/t18-,19+,20-/m1/s1. The molecule has 3 atom stereocenters. The first kappa shape index (κ1) is 23.9. The van der Waals surface area contributed by atoms with E-state index >= 15 is 0 Å². The monoisotopic (exact) mass is 476 g/mol. The van der Waals surface area contributed by atoms with Gasteiger partial charge in [0.05, 0.1) is 49.3 Å². The molecule has 0 N–H and O–H groups in total. The van der Waals surface area contributed by atoms with Gasteiger partial charge in [0, 0.05) is 61.0 Å². The fraction of sp³-hybridized carbons (Fsp3) is 0.519. The number of fused-ring (bicyclic) bond motifs is 1.